The zero-order chi connectivity index (χ0) is 11.4. The minimum Gasteiger partial charge on any atom is -0.325 e. The van der Waals surface area contributed by atoms with E-state index in [1.54, 1.807) is 0 Å². The van der Waals surface area contributed by atoms with Crippen LogP contribution in [-0.2, 0) is 0 Å². The van der Waals surface area contributed by atoms with E-state index in [1.807, 2.05) is 0 Å². The van der Waals surface area contributed by atoms with Gasteiger partial charge in [-0.2, -0.15) is 0 Å². The van der Waals surface area contributed by atoms with Crippen LogP contribution in [0.2, 0.25) is 0 Å². The van der Waals surface area contributed by atoms with Crippen molar-refractivity contribution in [3.63, 3.8) is 0 Å². The largest absolute Gasteiger partial charge is 0.325 e. The molecule has 0 spiro atoms. The number of hydrogen-bond acceptors (Lipinski definition) is 2. The lowest BCUT2D eigenvalue weighted by Crippen LogP contribution is -2.42. The third-order valence-electron chi connectivity index (χ3n) is 4.81. The highest BCUT2D eigenvalue weighted by molar-refractivity contribution is 4.90. The minimum atomic E-state index is 0.196. The number of piperidine rings is 1. The average molecular weight is 224 g/mol. The lowest BCUT2D eigenvalue weighted by atomic mass is 9.92. The van der Waals surface area contributed by atoms with Gasteiger partial charge in [0.2, 0.25) is 0 Å². The van der Waals surface area contributed by atoms with E-state index in [2.05, 4.69) is 11.8 Å². The minimum absolute atomic E-state index is 0.196. The molecule has 0 atom stereocenters. The molecule has 94 valence electrons. The van der Waals surface area contributed by atoms with Gasteiger partial charge in [0.1, 0.15) is 0 Å². The van der Waals surface area contributed by atoms with Crippen molar-refractivity contribution in [1.29, 1.82) is 0 Å². The van der Waals surface area contributed by atoms with Crippen LogP contribution < -0.4 is 5.73 Å². The third-order valence-corrected chi connectivity index (χ3v) is 4.81. The molecule has 16 heavy (non-hydrogen) atoms. The van der Waals surface area contributed by atoms with Gasteiger partial charge in [-0.3, -0.25) is 0 Å². The highest BCUT2D eigenvalue weighted by Crippen LogP contribution is 2.30. The zero-order valence-corrected chi connectivity index (χ0v) is 10.9. The molecule has 2 fully saturated rings. The molecule has 1 saturated carbocycles. The quantitative estimate of drug-likeness (QED) is 0.795. The van der Waals surface area contributed by atoms with Crippen molar-refractivity contribution in [2.45, 2.75) is 63.8 Å². The summed E-state index contributed by atoms with van der Waals surface area (Å²) in [4.78, 5) is 2.64. The predicted molar refractivity (Wildman–Crippen MR) is 69.5 cm³/mol. The maximum Gasteiger partial charge on any atom is 0.0166 e. The first kappa shape index (κ1) is 12.4. The molecule has 1 aliphatic heterocycles. The Labute approximate surface area is 101 Å². The van der Waals surface area contributed by atoms with Crippen molar-refractivity contribution < 1.29 is 0 Å². The molecule has 0 radical (unpaired) electrons. The topological polar surface area (TPSA) is 29.3 Å². The van der Waals surface area contributed by atoms with Crippen molar-refractivity contribution >= 4 is 0 Å². The molecule has 0 aromatic rings. The van der Waals surface area contributed by atoms with Crippen LogP contribution in [0.4, 0.5) is 0 Å². The Morgan fingerprint density at radius 3 is 2.38 bits per heavy atom. The van der Waals surface area contributed by atoms with Crippen LogP contribution in [0.5, 0.6) is 0 Å². The van der Waals surface area contributed by atoms with Gasteiger partial charge in [0.05, 0.1) is 0 Å². The molecule has 2 nitrogen and oxygen atoms in total. The standard InChI is InChI=1S/C14H28N2/c1-2-13-5-10-16(11-6-13)12-9-14(15)7-3-4-8-14/h13H,2-12,15H2,1H3. The second-order valence-corrected chi connectivity index (χ2v) is 6.01. The van der Waals surface area contributed by atoms with Crippen molar-refractivity contribution in [2.75, 3.05) is 19.6 Å². The van der Waals surface area contributed by atoms with E-state index in [9.17, 15) is 0 Å². The summed E-state index contributed by atoms with van der Waals surface area (Å²) in [7, 11) is 0. The Kier molecular flexibility index (Phi) is 4.26. The summed E-state index contributed by atoms with van der Waals surface area (Å²) in [6.45, 7) is 6.20. The highest BCUT2D eigenvalue weighted by Gasteiger charge is 2.29. The average Bonchev–Trinajstić information content (AvgIpc) is 2.75. The molecule has 1 heterocycles. The van der Waals surface area contributed by atoms with E-state index in [0.29, 0.717) is 0 Å². The Balaban J connectivity index is 1.67. The van der Waals surface area contributed by atoms with E-state index in [0.717, 1.165) is 5.92 Å². The zero-order valence-electron chi connectivity index (χ0n) is 10.9. The van der Waals surface area contributed by atoms with Gasteiger partial charge in [0.25, 0.3) is 0 Å². The summed E-state index contributed by atoms with van der Waals surface area (Å²) in [5.41, 5.74) is 6.60. The lowest BCUT2D eigenvalue weighted by Gasteiger charge is -2.34. The summed E-state index contributed by atoms with van der Waals surface area (Å²) in [6, 6.07) is 0. The van der Waals surface area contributed by atoms with Gasteiger partial charge in [-0.05, 0) is 57.7 Å². The Morgan fingerprint density at radius 2 is 1.81 bits per heavy atom. The van der Waals surface area contributed by atoms with Crippen LogP contribution in [0.3, 0.4) is 0 Å². The van der Waals surface area contributed by atoms with Crippen molar-refractivity contribution in [3.05, 3.63) is 0 Å². The molecule has 0 amide bonds. The van der Waals surface area contributed by atoms with Gasteiger partial charge in [-0.1, -0.05) is 26.2 Å². The van der Waals surface area contributed by atoms with Crippen LogP contribution >= 0.6 is 0 Å². The molecule has 2 N–H and O–H groups in total. The van der Waals surface area contributed by atoms with Crippen molar-refractivity contribution in [2.24, 2.45) is 11.7 Å². The van der Waals surface area contributed by atoms with E-state index in [4.69, 9.17) is 5.73 Å². The van der Waals surface area contributed by atoms with Gasteiger partial charge >= 0.3 is 0 Å². The molecule has 2 rings (SSSR count). The van der Waals surface area contributed by atoms with E-state index in [1.165, 1.54) is 71.0 Å². The lowest BCUT2D eigenvalue weighted by molar-refractivity contribution is 0.167. The van der Waals surface area contributed by atoms with Gasteiger partial charge in [0, 0.05) is 5.54 Å². The fourth-order valence-electron chi connectivity index (χ4n) is 3.33. The van der Waals surface area contributed by atoms with E-state index in [-0.39, 0.29) is 5.54 Å². The van der Waals surface area contributed by atoms with Crippen LogP contribution in [0, 0.1) is 5.92 Å². The first-order valence-electron chi connectivity index (χ1n) is 7.23. The first-order chi connectivity index (χ1) is 7.72. The van der Waals surface area contributed by atoms with Gasteiger partial charge in [-0.15, -0.1) is 0 Å². The smallest absolute Gasteiger partial charge is 0.0166 e. The summed E-state index contributed by atoms with van der Waals surface area (Å²) in [5, 5.41) is 0. The van der Waals surface area contributed by atoms with Gasteiger partial charge in [-0.25, -0.2) is 0 Å². The maximum absolute atomic E-state index is 6.40. The van der Waals surface area contributed by atoms with Crippen molar-refractivity contribution in [3.8, 4) is 0 Å². The number of rotatable bonds is 4. The van der Waals surface area contributed by atoms with Crippen LogP contribution in [-0.4, -0.2) is 30.1 Å². The first-order valence-corrected chi connectivity index (χ1v) is 7.23. The van der Waals surface area contributed by atoms with Crippen molar-refractivity contribution in [1.82, 2.24) is 4.90 Å². The van der Waals surface area contributed by atoms with E-state index >= 15 is 0 Å². The Hall–Kier alpha value is -0.0800. The second kappa shape index (κ2) is 5.50. The fraction of sp³-hybridized carbons (Fsp3) is 1.00. The molecular weight excluding hydrogens is 196 g/mol. The highest BCUT2D eigenvalue weighted by atomic mass is 15.1. The molecule has 1 aliphatic carbocycles. The third kappa shape index (κ3) is 3.21. The van der Waals surface area contributed by atoms with Gasteiger partial charge < -0.3 is 10.6 Å². The molecule has 2 aliphatic rings. The molecular formula is C14H28N2. The van der Waals surface area contributed by atoms with Gasteiger partial charge in [0.15, 0.2) is 0 Å². The molecule has 0 bridgehead atoms. The monoisotopic (exact) mass is 224 g/mol. The summed E-state index contributed by atoms with van der Waals surface area (Å²) in [6.07, 6.45) is 10.7. The summed E-state index contributed by atoms with van der Waals surface area (Å²) < 4.78 is 0. The number of hydrogen-bond donors (Lipinski definition) is 1. The molecule has 1 saturated heterocycles. The normalized spacial score (nSPS) is 27.4. The number of likely N-dealkylation sites (tertiary alicyclic amines) is 1. The molecule has 0 unspecified atom stereocenters. The van der Waals surface area contributed by atoms with Crippen LogP contribution in [0.25, 0.3) is 0 Å². The fourth-order valence-corrected chi connectivity index (χ4v) is 3.33. The SMILES string of the molecule is CCC1CCN(CCC2(N)CCCC2)CC1. The molecule has 2 heteroatoms. The number of nitrogens with two attached hydrogens (primary N) is 1. The van der Waals surface area contributed by atoms with E-state index < -0.39 is 0 Å². The van der Waals surface area contributed by atoms with Crippen LogP contribution in [0.15, 0.2) is 0 Å². The molecule has 0 aromatic carbocycles. The summed E-state index contributed by atoms with van der Waals surface area (Å²) in [5.74, 6) is 0.995. The predicted octanol–water partition coefficient (Wildman–Crippen LogP) is 2.77. The Bertz CT molecular complexity index is 201. The maximum atomic E-state index is 6.40. The number of nitrogens with zero attached hydrogens (tertiary/aromatic N) is 1. The Morgan fingerprint density at radius 1 is 1.19 bits per heavy atom. The molecule has 0 aromatic heterocycles. The summed E-state index contributed by atoms with van der Waals surface area (Å²) >= 11 is 0. The van der Waals surface area contributed by atoms with Crippen LogP contribution in [0.1, 0.15) is 58.3 Å². The second-order valence-electron chi connectivity index (χ2n) is 6.01.